The molecule has 0 spiro atoms. The second-order valence-electron chi connectivity index (χ2n) is 4.51. The molecule has 0 saturated carbocycles. The van der Waals surface area contributed by atoms with Gasteiger partial charge in [0.1, 0.15) is 6.61 Å². The van der Waals surface area contributed by atoms with Gasteiger partial charge in [-0.2, -0.15) is 0 Å². The normalized spacial score (nSPS) is 9.62. The van der Waals surface area contributed by atoms with E-state index in [1.165, 1.54) is 5.56 Å². The first-order valence-electron chi connectivity index (χ1n) is 6.83. The Morgan fingerprint density at radius 2 is 1.86 bits per heavy atom. The molecule has 2 aromatic carbocycles. The lowest BCUT2D eigenvalue weighted by molar-refractivity contribution is 0.102. The van der Waals surface area contributed by atoms with E-state index in [1.54, 1.807) is 18.2 Å². The van der Waals surface area contributed by atoms with Gasteiger partial charge in [0.25, 0.3) is 5.91 Å². The number of aliphatic hydroxyl groups excluding tert-OH is 1. The van der Waals surface area contributed by atoms with Crippen molar-refractivity contribution in [3.8, 4) is 11.8 Å². The third-order valence-electron chi connectivity index (χ3n) is 3.09. The number of hydrogen-bond donors (Lipinski definition) is 2. The van der Waals surface area contributed by atoms with E-state index in [0.29, 0.717) is 11.1 Å². The van der Waals surface area contributed by atoms with Crippen LogP contribution in [0.5, 0.6) is 0 Å². The summed E-state index contributed by atoms with van der Waals surface area (Å²) in [5, 5.41) is 11.6. The van der Waals surface area contributed by atoms with E-state index in [0.717, 1.165) is 12.1 Å². The molecule has 0 fully saturated rings. The third kappa shape index (κ3) is 3.95. The zero-order valence-corrected chi connectivity index (χ0v) is 11.9. The summed E-state index contributed by atoms with van der Waals surface area (Å²) in [7, 11) is 0. The van der Waals surface area contributed by atoms with Gasteiger partial charge >= 0.3 is 0 Å². The fourth-order valence-corrected chi connectivity index (χ4v) is 1.95. The van der Waals surface area contributed by atoms with Crippen molar-refractivity contribution in [3.63, 3.8) is 0 Å². The number of carbonyl (C=O) groups is 1. The van der Waals surface area contributed by atoms with Crippen LogP contribution in [0, 0.1) is 11.8 Å². The Labute approximate surface area is 124 Å². The molecule has 0 unspecified atom stereocenters. The van der Waals surface area contributed by atoms with Crippen LogP contribution in [-0.4, -0.2) is 17.6 Å². The lowest BCUT2D eigenvalue weighted by atomic mass is 10.1. The zero-order chi connectivity index (χ0) is 15.1. The summed E-state index contributed by atoms with van der Waals surface area (Å²) in [4.78, 5) is 12.3. The van der Waals surface area contributed by atoms with Crippen LogP contribution < -0.4 is 5.32 Å². The Bertz CT molecular complexity index is 678. The van der Waals surface area contributed by atoms with E-state index in [4.69, 9.17) is 5.11 Å². The lowest BCUT2D eigenvalue weighted by Crippen LogP contribution is -2.13. The molecular weight excluding hydrogens is 262 g/mol. The van der Waals surface area contributed by atoms with Crippen LogP contribution in [0.3, 0.4) is 0 Å². The predicted octanol–water partition coefficient (Wildman–Crippen LogP) is 2.85. The summed E-state index contributed by atoms with van der Waals surface area (Å²) >= 11 is 0. The summed E-state index contributed by atoms with van der Waals surface area (Å²) in [6, 6.07) is 14.8. The number of rotatable bonds is 3. The first kappa shape index (κ1) is 14.8. The second kappa shape index (κ2) is 7.28. The molecule has 2 aromatic rings. The van der Waals surface area contributed by atoms with Gasteiger partial charge in [-0.25, -0.2) is 0 Å². The molecule has 0 atom stereocenters. The number of aryl methyl sites for hydroxylation is 1. The molecule has 106 valence electrons. The van der Waals surface area contributed by atoms with Crippen molar-refractivity contribution >= 4 is 11.6 Å². The average Bonchev–Trinajstić information content (AvgIpc) is 2.54. The Kier molecular flexibility index (Phi) is 5.14. The number of nitrogens with one attached hydrogen (secondary N) is 1. The second-order valence-corrected chi connectivity index (χ2v) is 4.51. The van der Waals surface area contributed by atoms with Gasteiger partial charge in [-0.05, 0) is 36.2 Å². The van der Waals surface area contributed by atoms with Gasteiger partial charge in [0.15, 0.2) is 0 Å². The van der Waals surface area contributed by atoms with E-state index in [-0.39, 0.29) is 12.5 Å². The van der Waals surface area contributed by atoms with Crippen molar-refractivity contribution in [2.75, 3.05) is 11.9 Å². The monoisotopic (exact) mass is 279 g/mol. The molecule has 0 aliphatic carbocycles. The number of aliphatic hydroxyl groups is 1. The molecule has 3 nitrogen and oxygen atoms in total. The van der Waals surface area contributed by atoms with Gasteiger partial charge in [-0.15, -0.1) is 0 Å². The zero-order valence-electron chi connectivity index (χ0n) is 11.9. The topological polar surface area (TPSA) is 49.3 Å². The van der Waals surface area contributed by atoms with Crippen LogP contribution in [0.15, 0.2) is 48.5 Å². The van der Waals surface area contributed by atoms with Crippen molar-refractivity contribution in [2.24, 2.45) is 0 Å². The first-order valence-corrected chi connectivity index (χ1v) is 6.83. The number of benzene rings is 2. The lowest BCUT2D eigenvalue weighted by Gasteiger charge is -2.07. The molecule has 21 heavy (non-hydrogen) atoms. The van der Waals surface area contributed by atoms with E-state index in [2.05, 4.69) is 24.1 Å². The average molecular weight is 279 g/mol. The highest BCUT2D eigenvalue weighted by molar-refractivity contribution is 6.06. The van der Waals surface area contributed by atoms with Gasteiger partial charge in [-0.1, -0.05) is 43.0 Å². The van der Waals surface area contributed by atoms with Crippen LogP contribution in [0.25, 0.3) is 0 Å². The van der Waals surface area contributed by atoms with Crippen LogP contribution in [0.1, 0.15) is 28.4 Å². The standard InChI is InChI=1S/C18H17NO2/c1-2-14-9-11-16(12-10-14)19-18(21)17-8-4-3-6-15(17)7-5-13-20/h3-4,6,8-12,20H,2,13H2,1H3,(H,19,21). The van der Waals surface area contributed by atoms with Gasteiger partial charge in [0.2, 0.25) is 0 Å². The summed E-state index contributed by atoms with van der Waals surface area (Å²) in [6.45, 7) is 1.86. The minimum Gasteiger partial charge on any atom is -0.384 e. The largest absolute Gasteiger partial charge is 0.384 e. The quantitative estimate of drug-likeness (QED) is 0.849. The highest BCUT2D eigenvalue weighted by atomic mass is 16.2. The molecule has 0 aliphatic rings. The highest BCUT2D eigenvalue weighted by Crippen LogP contribution is 2.14. The van der Waals surface area contributed by atoms with E-state index >= 15 is 0 Å². The van der Waals surface area contributed by atoms with Crippen molar-refractivity contribution in [1.29, 1.82) is 0 Å². The van der Waals surface area contributed by atoms with Gasteiger partial charge < -0.3 is 10.4 Å². The van der Waals surface area contributed by atoms with E-state index < -0.39 is 0 Å². The Morgan fingerprint density at radius 1 is 1.14 bits per heavy atom. The molecule has 2 rings (SSSR count). The summed E-state index contributed by atoms with van der Waals surface area (Å²) in [5.41, 5.74) is 3.08. The number of hydrogen-bond acceptors (Lipinski definition) is 2. The molecule has 0 bridgehead atoms. The van der Waals surface area contributed by atoms with Crippen LogP contribution >= 0.6 is 0 Å². The smallest absolute Gasteiger partial charge is 0.256 e. The van der Waals surface area contributed by atoms with E-state index in [9.17, 15) is 4.79 Å². The summed E-state index contributed by atoms with van der Waals surface area (Å²) < 4.78 is 0. The fourth-order valence-electron chi connectivity index (χ4n) is 1.95. The fraction of sp³-hybridized carbons (Fsp3) is 0.167. The molecule has 0 heterocycles. The van der Waals surface area contributed by atoms with Gasteiger partial charge in [0.05, 0.1) is 5.56 Å². The summed E-state index contributed by atoms with van der Waals surface area (Å²) in [5.74, 6) is 5.14. The maximum absolute atomic E-state index is 12.3. The Balaban J connectivity index is 2.19. The number of amides is 1. The molecule has 0 aliphatic heterocycles. The number of carbonyl (C=O) groups excluding carboxylic acids is 1. The molecule has 1 amide bonds. The molecule has 2 N–H and O–H groups in total. The van der Waals surface area contributed by atoms with Crippen molar-refractivity contribution < 1.29 is 9.90 Å². The minimum absolute atomic E-state index is 0.206. The predicted molar refractivity (Wildman–Crippen MR) is 84.2 cm³/mol. The van der Waals surface area contributed by atoms with Crippen LogP contribution in [-0.2, 0) is 6.42 Å². The first-order chi connectivity index (χ1) is 10.2. The van der Waals surface area contributed by atoms with E-state index in [1.807, 2.05) is 30.3 Å². The van der Waals surface area contributed by atoms with Crippen LogP contribution in [0.4, 0.5) is 5.69 Å². The Morgan fingerprint density at radius 3 is 2.52 bits per heavy atom. The molecular formula is C18H17NO2. The minimum atomic E-state index is -0.228. The molecule has 3 heteroatoms. The maximum atomic E-state index is 12.3. The molecule has 0 radical (unpaired) electrons. The van der Waals surface area contributed by atoms with Crippen molar-refractivity contribution in [2.45, 2.75) is 13.3 Å². The Hall–Kier alpha value is -2.57. The van der Waals surface area contributed by atoms with Crippen molar-refractivity contribution in [1.82, 2.24) is 0 Å². The van der Waals surface area contributed by atoms with Gasteiger partial charge in [-0.3, -0.25) is 4.79 Å². The van der Waals surface area contributed by atoms with Crippen molar-refractivity contribution in [3.05, 3.63) is 65.2 Å². The molecule has 0 aromatic heterocycles. The van der Waals surface area contributed by atoms with Crippen LogP contribution in [0.2, 0.25) is 0 Å². The SMILES string of the molecule is CCc1ccc(NC(=O)c2ccccc2C#CCO)cc1. The maximum Gasteiger partial charge on any atom is 0.256 e. The van der Waals surface area contributed by atoms with Gasteiger partial charge in [0, 0.05) is 11.3 Å². The molecule has 0 saturated heterocycles. The third-order valence-corrected chi connectivity index (χ3v) is 3.09. The number of anilines is 1. The summed E-state index contributed by atoms with van der Waals surface area (Å²) in [6.07, 6.45) is 0.966. The highest BCUT2D eigenvalue weighted by Gasteiger charge is 2.09.